The van der Waals surface area contributed by atoms with E-state index >= 15 is 0 Å². The summed E-state index contributed by atoms with van der Waals surface area (Å²) in [6.07, 6.45) is 0. The van der Waals surface area contributed by atoms with E-state index in [1.54, 1.807) is 31.4 Å². The Kier molecular flexibility index (Phi) is 10.3. The number of ether oxygens (including phenoxy) is 1. The Morgan fingerprint density at radius 3 is 2.64 bits per heavy atom. The fourth-order valence-corrected chi connectivity index (χ4v) is 1.85. The Morgan fingerprint density at radius 2 is 2.05 bits per heavy atom. The highest BCUT2D eigenvalue weighted by molar-refractivity contribution is 14.0. The molecule has 0 aromatic heterocycles. The first-order chi connectivity index (χ1) is 10.1. The van der Waals surface area contributed by atoms with Crippen LogP contribution in [0.4, 0.5) is 0 Å². The van der Waals surface area contributed by atoms with Gasteiger partial charge in [-0.05, 0) is 32.0 Å². The minimum atomic E-state index is -0.148. The molecule has 0 spiro atoms. The van der Waals surface area contributed by atoms with Gasteiger partial charge in [0.1, 0.15) is 5.75 Å². The fourth-order valence-electron chi connectivity index (χ4n) is 1.85. The van der Waals surface area contributed by atoms with Crippen molar-refractivity contribution < 1.29 is 9.53 Å². The van der Waals surface area contributed by atoms with Gasteiger partial charge in [-0.1, -0.05) is 6.07 Å². The lowest BCUT2D eigenvalue weighted by Gasteiger charge is -2.19. The van der Waals surface area contributed by atoms with E-state index in [-0.39, 0.29) is 29.9 Å². The van der Waals surface area contributed by atoms with Crippen molar-refractivity contribution in [3.63, 3.8) is 0 Å². The van der Waals surface area contributed by atoms with Crippen molar-refractivity contribution in [1.29, 1.82) is 0 Å². The number of methoxy groups -OCH3 is 1. The second-order valence-corrected chi connectivity index (χ2v) is 4.40. The number of nitrogens with one attached hydrogen (secondary N) is 1. The van der Waals surface area contributed by atoms with Crippen LogP contribution in [0.2, 0.25) is 0 Å². The lowest BCUT2D eigenvalue weighted by Crippen LogP contribution is -2.37. The van der Waals surface area contributed by atoms with Crippen LogP contribution in [-0.2, 0) is 0 Å². The van der Waals surface area contributed by atoms with Crippen LogP contribution in [0.3, 0.4) is 0 Å². The molecule has 7 heteroatoms. The van der Waals surface area contributed by atoms with Gasteiger partial charge in [0.25, 0.3) is 5.91 Å². The zero-order valence-corrected chi connectivity index (χ0v) is 15.7. The molecule has 0 fully saturated rings. The fraction of sp³-hybridized carbons (Fsp3) is 0.467. The predicted octanol–water partition coefficient (Wildman–Crippen LogP) is 1.70. The number of guanidine groups is 1. The van der Waals surface area contributed by atoms with Crippen LogP contribution >= 0.6 is 24.0 Å². The van der Waals surface area contributed by atoms with Crippen LogP contribution in [0.5, 0.6) is 5.75 Å². The summed E-state index contributed by atoms with van der Waals surface area (Å²) < 4.78 is 5.09. The minimum Gasteiger partial charge on any atom is -0.497 e. The van der Waals surface area contributed by atoms with Crippen molar-refractivity contribution in [2.24, 2.45) is 10.7 Å². The van der Waals surface area contributed by atoms with Gasteiger partial charge in [0.2, 0.25) is 0 Å². The van der Waals surface area contributed by atoms with Crippen LogP contribution in [0.25, 0.3) is 0 Å². The number of benzene rings is 1. The molecular weight excluding hydrogens is 395 g/mol. The average Bonchev–Trinajstić information content (AvgIpc) is 2.52. The topological polar surface area (TPSA) is 80.0 Å². The van der Waals surface area contributed by atoms with E-state index in [9.17, 15) is 4.79 Å². The summed E-state index contributed by atoms with van der Waals surface area (Å²) in [5, 5.41) is 2.80. The number of nitrogens with zero attached hydrogens (tertiary/aromatic N) is 2. The Balaban J connectivity index is 0.00000441. The second-order valence-electron chi connectivity index (χ2n) is 4.40. The highest BCUT2D eigenvalue weighted by Gasteiger charge is 2.06. The quantitative estimate of drug-likeness (QED) is 0.305. The molecule has 0 aliphatic heterocycles. The van der Waals surface area contributed by atoms with Crippen LogP contribution in [-0.4, -0.2) is 50.1 Å². The molecule has 0 aliphatic carbocycles. The van der Waals surface area contributed by atoms with Crippen molar-refractivity contribution in [3.05, 3.63) is 29.8 Å². The maximum Gasteiger partial charge on any atom is 0.251 e. The van der Waals surface area contributed by atoms with E-state index in [4.69, 9.17) is 10.5 Å². The number of hydrogen-bond acceptors (Lipinski definition) is 3. The van der Waals surface area contributed by atoms with Gasteiger partial charge in [-0.25, -0.2) is 0 Å². The summed E-state index contributed by atoms with van der Waals surface area (Å²) in [6.45, 7) is 6.59. The van der Waals surface area contributed by atoms with Crippen molar-refractivity contribution in [1.82, 2.24) is 10.2 Å². The molecule has 0 aliphatic rings. The Labute approximate surface area is 149 Å². The maximum absolute atomic E-state index is 11.9. The monoisotopic (exact) mass is 420 g/mol. The average molecular weight is 420 g/mol. The molecule has 1 aromatic carbocycles. The molecule has 0 radical (unpaired) electrons. The van der Waals surface area contributed by atoms with Gasteiger partial charge in [0, 0.05) is 25.2 Å². The molecule has 0 atom stereocenters. The summed E-state index contributed by atoms with van der Waals surface area (Å²) in [5.74, 6) is 1.02. The number of carbonyl (C=O) groups is 1. The standard InChI is InChI=1S/C15H24N4O2.HI/c1-4-19(5-2)15(16)18-10-9-17-14(20)12-7-6-8-13(11-12)21-3;/h6-8,11H,4-5,9-10H2,1-3H3,(H2,16,18)(H,17,20);1H. The second kappa shape index (κ2) is 11.1. The number of carbonyl (C=O) groups excluding carboxylic acids is 1. The third kappa shape index (κ3) is 6.50. The lowest BCUT2D eigenvalue weighted by molar-refractivity contribution is 0.0954. The highest BCUT2D eigenvalue weighted by atomic mass is 127. The van der Waals surface area contributed by atoms with Crippen molar-refractivity contribution in [2.75, 3.05) is 33.3 Å². The highest BCUT2D eigenvalue weighted by Crippen LogP contribution is 2.12. The summed E-state index contributed by atoms with van der Waals surface area (Å²) in [6, 6.07) is 7.02. The number of hydrogen-bond donors (Lipinski definition) is 2. The van der Waals surface area contributed by atoms with Gasteiger partial charge in [0.15, 0.2) is 5.96 Å². The SMILES string of the molecule is CCN(CC)C(N)=NCCNC(=O)c1cccc(OC)c1.I. The van der Waals surface area contributed by atoms with E-state index in [1.165, 1.54) is 0 Å². The normalized spacial score (nSPS) is 10.6. The first-order valence-corrected chi connectivity index (χ1v) is 7.09. The number of nitrogens with two attached hydrogens (primary N) is 1. The summed E-state index contributed by atoms with van der Waals surface area (Å²) in [4.78, 5) is 18.2. The van der Waals surface area contributed by atoms with Crippen LogP contribution in [0.15, 0.2) is 29.3 Å². The van der Waals surface area contributed by atoms with Gasteiger partial charge in [-0.3, -0.25) is 9.79 Å². The molecular formula is C15H25IN4O2. The third-order valence-electron chi connectivity index (χ3n) is 3.09. The minimum absolute atomic E-state index is 0. The molecule has 3 N–H and O–H groups in total. The van der Waals surface area contributed by atoms with E-state index in [0.717, 1.165) is 13.1 Å². The molecule has 1 aromatic rings. The number of halogens is 1. The Morgan fingerprint density at radius 1 is 1.36 bits per heavy atom. The van der Waals surface area contributed by atoms with Crippen LogP contribution in [0, 0.1) is 0 Å². The number of amides is 1. The van der Waals surface area contributed by atoms with Gasteiger partial charge >= 0.3 is 0 Å². The Bertz CT molecular complexity index is 490. The Hall–Kier alpha value is -1.51. The molecule has 6 nitrogen and oxygen atoms in total. The van der Waals surface area contributed by atoms with Gasteiger partial charge < -0.3 is 20.7 Å². The molecule has 124 valence electrons. The van der Waals surface area contributed by atoms with Crippen LogP contribution < -0.4 is 15.8 Å². The molecule has 0 heterocycles. The maximum atomic E-state index is 11.9. The van der Waals surface area contributed by atoms with E-state index in [0.29, 0.717) is 30.4 Å². The van der Waals surface area contributed by atoms with Crippen LogP contribution in [0.1, 0.15) is 24.2 Å². The molecule has 0 bridgehead atoms. The largest absolute Gasteiger partial charge is 0.497 e. The molecule has 0 saturated carbocycles. The lowest BCUT2D eigenvalue weighted by atomic mass is 10.2. The van der Waals surface area contributed by atoms with Gasteiger partial charge in [-0.15, -0.1) is 24.0 Å². The van der Waals surface area contributed by atoms with E-state index < -0.39 is 0 Å². The van der Waals surface area contributed by atoms with E-state index in [2.05, 4.69) is 10.3 Å². The number of aliphatic imine (C=N–C) groups is 1. The predicted molar refractivity (Wildman–Crippen MR) is 100 cm³/mol. The third-order valence-corrected chi connectivity index (χ3v) is 3.09. The molecule has 22 heavy (non-hydrogen) atoms. The molecule has 1 amide bonds. The zero-order chi connectivity index (χ0) is 15.7. The van der Waals surface area contributed by atoms with Gasteiger partial charge in [-0.2, -0.15) is 0 Å². The summed E-state index contributed by atoms with van der Waals surface area (Å²) in [5.41, 5.74) is 6.42. The zero-order valence-electron chi connectivity index (χ0n) is 13.3. The first-order valence-electron chi connectivity index (χ1n) is 7.09. The smallest absolute Gasteiger partial charge is 0.251 e. The van der Waals surface area contributed by atoms with Crippen molar-refractivity contribution in [3.8, 4) is 5.75 Å². The first kappa shape index (κ1) is 20.5. The summed E-state index contributed by atoms with van der Waals surface area (Å²) >= 11 is 0. The van der Waals surface area contributed by atoms with Crippen molar-refractivity contribution in [2.45, 2.75) is 13.8 Å². The molecule has 0 unspecified atom stereocenters. The van der Waals surface area contributed by atoms with E-state index in [1.807, 2.05) is 18.7 Å². The molecule has 1 rings (SSSR count). The number of rotatable bonds is 7. The van der Waals surface area contributed by atoms with Gasteiger partial charge in [0.05, 0.1) is 13.7 Å². The van der Waals surface area contributed by atoms with Crippen molar-refractivity contribution >= 4 is 35.8 Å². The summed E-state index contributed by atoms with van der Waals surface area (Å²) in [7, 11) is 1.57. The molecule has 0 saturated heterocycles.